The second-order valence-electron chi connectivity index (χ2n) is 18.2. The molecule has 2 saturated heterocycles. The molecule has 274 valence electrons. The third-order valence-electron chi connectivity index (χ3n) is 12.2. The van der Waals surface area contributed by atoms with E-state index in [0.717, 1.165) is 25.7 Å². The van der Waals surface area contributed by atoms with Crippen molar-refractivity contribution in [1.29, 1.82) is 0 Å². The van der Waals surface area contributed by atoms with Gasteiger partial charge in [-0.05, 0) is 80.0 Å². The Kier molecular flexibility index (Phi) is 12.4. The van der Waals surface area contributed by atoms with Gasteiger partial charge in [-0.2, -0.15) is 0 Å². The lowest BCUT2D eigenvalue weighted by Gasteiger charge is -2.44. The zero-order valence-electron chi connectivity index (χ0n) is 33.0. The lowest BCUT2D eigenvalue weighted by molar-refractivity contribution is -0.162. The van der Waals surface area contributed by atoms with E-state index in [9.17, 15) is 5.11 Å². The molecule has 2 aliphatic rings. The molecule has 0 amide bonds. The molecule has 0 unspecified atom stereocenters. The van der Waals surface area contributed by atoms with Crippen molar-refractivity contribution in [2.24, 2.45) is 11.8 Å². The third-order valence-corrected chi connectivity index (χ3v) is 21.8. The highest BCUT2D eigenvalue weighted by Crippen LogP contribution is 2.47. The van der Waals surface area contributed by atoms with Gasteiger partial charge in [0.15, 0.2) is 8.32 Å². The third kappa shape index (κ3) is 8.73. The molecule has 0 saturated carbocycles. The molecule has 2 aromatic rings. The lowest BCUT2D eigenvalue weighted by Crippen LogP contribution is -2.67. The summed E-state index contributed by atoms with van der Waals surface area (Å²) in [5.74, 6) is -0.0799. The smallest absolute Gasteiger partial charge is 0.261 e. The number of hydrogen-bond acceptors (Lipinski definition) is 5. The minimum absolute atomic E-state index is 0.0136. The molecular formula is C42H68O5Si2. The number of ether oxygens (including phenoxy) is 2. The van der Waals surface area contributed by atoms with Gasteiger partial charge in [0.2, 0.25) is 0 Å². The second kappa shape index (κ2) is 15.2. The quantitative estimate of drug-likeness (QED) is 0.166. The van der Waals surface area contributed by atoms with E-state index >= 15 is 0 Å². The number of benzene rings is 2. The molecule has 1 N–H and O–H groups in total. The Morgan fingerprint density at radius 1 is 0.837 bits per heavy atom. The summed E-state index contributed by atoms with van der Waals surface area (Å²) in [6, 6.07) is 21.4. The molecule has 2 aliphatic heterocycles. The highest BCUT2D eigenvalue weighted by Gasteiger charge is 2.53. The van der Waals surface area contributed by atoms with Crippen LogP contribution in [0.3, 0.4) is 0 Å². The standard InChI is InChI=1S/C42H68O5Si2/c1-31(38(43)32(2)30-44-49(40(7,8)9,35-20-16-14-17-21-35)36-22-18-15-19-23-36)24-25-34-26-28-42(11,45-34)37-27-29-41(10,46-37)33(3)47-48(12,13)39(4,5)6/h14-25,31-34,37-38,43H,26-30H2,1-13H3/b25-24+/t31-,32+,33+,34+,37+,38-,41-,42-/m0/s1. The van der Waals surface area contributed by atoms with Crippen molar-refractivity contribution < 1.29 is 23.4 Å². The first-order chi connectivity index (χ1) is 22.7. The van der Waals surface area contributed by atoms with Gasteiger partial charge < -0.3 is 23.4 Å². The van der Waals surface area contributed by atoms with Crippen molar-refractivity contribution in [3.8, 4) is 0 Å². The van der Waals surface area contributed by atoms with E-state index < -0.39 is 22.7 Å². The van der Waals surface area contributed by atoms with E-state index in [1.54, 1.807) is 0 Å². The first-order valence-electron chi connectivity index (χ1n) is 18.8. The maximum Gasteiger partial charge on any atom is 0.261 e. The fourth-order valence-electron chi connectivity index (χ4n) is 7.65. The zero-order valence-corrected chi connectivity index (χ0v) is 35.0. The van der Waals surface area contributed by atoms with E-state index in [1.807, 2.05) is 0 Å². The first-order valence-corrected chi connectivity index (χ1v) is 23.6. The molecule has 0 aliphatic carbocycles. The molecule has 4 rings (SSSR count). The maximum absolute atomic E-state index is 11.5. The van der Waals surface area contributed by atoms with E-state index in [-0.39, 0.29) is 51.4 Å². The molecule has 7 heteroatoms. The van der Waals surface area contributed by atoms with Crippen LogP contribution >= 0.6 is 0 Å². The molecule has 5 nitrogen and oxygen atoms in total. The van der Waals surface area contributed by atoms with Gasteiger partial charge in [-0.1, -0.05) is 128 Å². The zero-order chi connectivity index (χ0) is 36.5. The Hall–Kier alpha value is -1.59. The highest BCUT2D eigenvalue weighted by atomic mass is 28.4. The molecule has 8 atom stereocenters. The van der Waals surface area contributed by atoms with E-state index in [1.165, 1.54) is 10.4 Å². The Balaban J connectivity index is 1.37. The predicted molar refractivity (Wildman–Crippen MR) is 210 cm³/mol. The van der Waals surface area contributed by atoms with Gasteiger partial charge in [-0.3, -0.25) is 0 Å². The SMILES string of the molecule is C[C@H](CO[Si](c1ccccc1)(c1ccccc1)C(C)(C)C)[C@@H](O)[C@@H](C)/C=C/[C@@H]1CC[C@@](C)([C@H]2CC[C@@](C)([C@@H](C)O[Si](C)(C)C(C)(C)C)O2)O1. The molecule has 49 heavy (non-hydrogen) atoms. The van der Waals surface area contributed by atoms with Crippen LogP contribution < -0.4 is 10.4 Å². The average Bonchev–Trinajstić information content (AvgIpc) is 3.64. The van der Waals surface area contributed by atoms with Crippen molar-refractivity contribution in [2.75, 3.05) is 6.61 Å². The van der Waals surface area contributed by atoms with Gasteiger partial charge in [0.05, 0.1) is 35.6 Å². The average molecular weight is 709 g/mol. The van der Waals surface area contributed by atoms with Crippen molar-refractivity contribution in [3.63, 3.8) is 0 Å². The number of rotatable bonds is 13. The van der Waals surface area contributed by atoms with E-state index in [2.05, 4.69) is 162 Å². The molecule has 0 spiro atoms. The Morgan fingerprint density at radius 3 is 1.90 bits per heavy atom. The highest BCUT2D eigenvalue weighted by molar-refractivity contribution is 6.99. The maximum atomic E-state index is 11.5. The summed E-state index contributed by atoms with van der Waals surface area (Å²) < 4.78 is 27.5. The van der Waals surface area contributed by atoms with Crippen LogP contribution in [0, 0.1) is 11.8 Å². The molecule has 0 bridgehead atoms. The minimum atomic E-state index is -2.67. The van der Waals surface area contributed by atoms with Gasteiger partial charge in [0.1, 0.15) is 0 Å². The van der Waals surface area contributed by atoms with Crippen LogP contribution in [-0.4, -0.2) is 64.0 Å². The van der Waals surface area contributed by atoms with E-state index in [4.69, 9.17) is 18.3 Å². The molecule has 2 heterocycles. The van der Waals surface area contributed by atoms with Crippen molar-refractivity contribution in [2.45, 2.75) is 161 Å². The van der Waals surface area contributed by atoms with Crippen LogP contribution in [0.2, 0.25) is 23.2 Å². The number of aliphatic hydroxyl groups excluding tert-OH is 1. The van der Waals surface area contributed by atoms with Crippen molar-refractivity contribution in [3.05, 3.63) is 72.8 Å². The van der Waals surface area contributed by atoms with Gasteiger partial charge in [-0.15, -0.1) is 0 Å². The molecule has 2 fully saturated rings. The molecule has 0 radical (unpaired) electrons. The fourth-order valence-corrected chi connectivity index (χ4v) is 13.8. The summed E-state index contributed by atoms with van der Waals surface area (Å²) in [5.41, 5.74) is -0.645. The largest absolute Gasteiger partial charge is 0.411 e. The fraction of sp³-hybridized carbons (Fsp3) is 0.667. The number of hydrogen-bond donors (Lipinski definition) is 1. The predicted octanol–water partition coefficient (Wildman–Crippen LogP) is 9.04. The van der Waals surface area contributed by atoms with Crippen LogP contribution in [0.15, 0.2) is 72.8 Å². The van der Waals surface area contributed by atoms with Gasteiger partial charge >= 0.3 is 0 Å². The van der Waals surface area contributed by atoms with Gasteiger partial charge in [0, 0.05) is 18.4 Å². The Morgan fingerprint density at radius 2 is 1.39 bits per heavy atom. The summed E-state index contributed by atoms with van der Waals surface area (Å²) in [6.45, 7) is 29.7. The monoisotopic (exact) mass is 708 g/mol. The Bertz CT molecular complexity index is 1330. The number of aliphatic hydroxyl groups is 1. The lowest BCUT2D eigenvalue weighted by atomic mass is 9.91. The summed E-state index contributed by atoms with van der Waals surface area (Å²) >= 11 is 0. The molecular weight excluding hydrogens is 641 g/mol. The normalized spacial score (nSPS) is 28.1. The summed E-state index contributed by atoms with van der Waals surface area (Å²) in [5, 5.41) is 14.1. The summed E-state index contributed by atoms with van der Waals surface area (Å²) in [6.07, 6.45) is 7.74. The topological polar surface area (TPSA) is 57.2 Å². The van der Waals surface area contributed by atoms with Gasteiger partial charge in [-0.25, -0.2) is 0 Å². The first kappa shape index (κ1) is 40.2. The second-order valence-corrected chi connectivity index (χ2v) is 27.2. The van der Waals surface area contributed by atoms with Crippen LogP contribution in [-0.2, 0) is 18.3 Å². The minimum Gasteiger partial charge on any atom is -0.411 e. The molecule has 0 aromatic heterocycles. The van der Waals surface area contributed by atoms with Crippen molar-refractivity contribution in [1.82, 2.24) is 0 Å². The van der Waals surface area contributed by atoms with Crippen LogP contribution in [0.1, 0.15) is 102 Å². The summed E-state index contributed by atoms with van der Waals surface area (Å²) in [7, 11) is -4.57. The summed E-state index contributed by atoms with van der Waals surface area (Å²) in [4.78, 5) is 0. The Labute approximate surface area is 301 Å². The van der Waals surface area contributed by atoms with Crippen molar-refractivity contribution >= 4 is 27.0 Å². The van der Waals surface area contributed by atoms with Gasteiger partial charge in [0.25, 0.3) is 8.32 Å². The van der Waals surface area contributed by atoms with Crippen LogP contribution in [0.4, 0.5) is 0 Å². The van der Waals surface area contributed by atoms with E-state index in [0.29, 0.717) is 6.61 Å². The molecule has 2 aromatic carbocycles. The van der Waals surface area contributed by atoms with Crippen LogP contribution in [0.5, 0.6) is 0 Å². The van der Waals surface area contributed by atoms with Crippen LogP contribution in [0.25, 0.3) is 0 Å².